The van der Waals surface area contributed by atoms with Crippen molar-refractivity contribution in [2.45, 2.75) is 46.7 Å². The van der Waals surface area contributed by atoms with Crippen LogP contribution in [0.3, 0.4) is 0 Å². The van der Waals surface area contributed by atoms with Gasteiger partial charge in [-0.2, -0.15) is 0 Å². The van der Waals surface area contributed by atoms with Crippen molar-refractivity contribution in [2.24, 2.45) is 4.99 Å². The number of nitrogens with one attached hydrogen (secondary N) is 2. The molecule has 1 aromatic carbocycles. The predicted octanol–water partition coefficient (Wildman–Crippen LogP) is 4.11. The number of aryl methyl sites for hydroxylation is 4. The normalized spacial score (nSPS) is 11.2. The third-order valence-electron chi connectivity index (χ3n) is 4.71. The second-order valence-electron chi connectivity index (χ2n) is 6.89. The van der Waals surface area contributed by atoms with E-state index in [0.29, 0.717) is 6.54 Å². The highest BCUT2D eigenvalue weighted by Gasteiger charge is 2.06. The summed E-state index contributed by atoms with van der Waals surface area (Å²) in [7, 11) is 0. The Morgan fingerprint density at radius 2 is 1.93 bits per heavy atom. The zero-order valence-corrected chi connectivity index (χ0v) is 21.0. The van der Waals surface area contributed by atoms with Crippen LogP contribution in [0.2, 0.25) is 0 Å². The molecule has 6 nitrogen and oxygen atoms in total. The van der Waals surface area contributed by atoms with E-state index in [4.69, 9.17) is 4.99 Å². The summed E-state index contributed by atoms with van der Waals surface area (Å²) < 4.78 is 2.18. The molecule has 0 aliphatic carbocycles. The molecular formula is C22H31IN6S. The van der Waals surface area contributed by atoms with Crippen LogP contribution in [0.5, 0.6) is 0 Å². The third kappa shape index (κ3) is 7.39. The minimum Gasteiger partial charge on any atom is -0.357 e. The Morgan fingerprint density at radius 3 is 2.63 bits per heavy atom. The molecule has 0 saturated heterocycles. The monoisotopic (exact) mass is 538 g/mol. The Kier molecular flexibility index (Phi) is 10.3. The highest BCUT2D eigenvalue weighted by atomic mass is 127. The molecule has 0 bridgehead atoms. The lowest BCUT2D eigenvalue weighted by molar-refractivity contribution is 0.649. The Morgan fingerprint density at radius 1 is 1.13 bits per heavy atom. The number of nitrogens with zero attached hydrogens (tertiary/aromatic N) is 4. The van der Waals surface area contributed by atoms with Gasteiger partial charge in [0.05, 0.1) is 10.7 Å². The smallest absolute Gasteiger partial charge is 0.191 e. The van der Waals surface area contributed by atoms with Crippen molar-refractivity contribution in [2.75, 3.05) is 13.1 Å². The first-order valence-electron chi connectivity index (χ1n) is 10.1. The molecule has 3 aromatic rings. The van der Waals surface area contributed by atoms with Crippen molar-refractivity contribution >= 4 is 41.3 Å². The fourth-order valence-electron chi connectivity index (χ4n) is 3.01. The predicted molar refractivity (Wildman–Crippen MR) is 136 cm³/mol. The minimum atomic E-state index is 0. The summed E-state index contributed by atoms with van der Waals surface area (Å²) >= 11 is 1.77. The van der Waals surface area contributed by atoms with Crippen molar-refractivity contribution in [1.82, 2.24) is 25.2 Å². The molecule has 30 heavy (non-hydrogen) atoms. The van der Waals surface area contributed by atoms with Crippen LogP contribution >= 0.6 is 35.3 Å². The number of imidazole rings is 1. The number of aliphatic imine (C=N–C) groups is 1. The number of benzene rings is 1. The molecule has 162 valence electrons. The lowest BCUT2D eigenvalue weighted by Gasteiger charge is -2.11. The summed E-state index contributed by atoms with van der Waals surface area (Å²) in [4.78, 5) is 15.1. The van der Waals surface area contributed by atoms with Crippen LogP contribution in [0.15, 0.2) is 47.7 Å². The van der Waals surface area contributed by atoms with Crippen LogP contribution in [-0.4, -0.2) is 33.6 Å². The van der Waals surface area contributed by atoms with Gasteiger partial charge in [0.2, 0.25) is 0 Å². The molecule has 0 saturated carbocycles. The fraction of sp³-hybridized carbons (Fsp3) is 0.409. The van der Waals surface area contributed by atoms with E-state index in [0.717, 1.165) is 50.0 Å². The second-order valence-corrected chi connectivity index (χ2v) is 8.18. The van der Waals surface area contributed by atoms with E-state index < -0.39 is 0 Å². The molecule has 0 aliphatic heterocycles. The van der Waals surface area contributed by atoms with E-state index >= 15 is 0 Å². The van der Waals surface area contributed by atoms with Gasteiger partial charge in [-0.25, -0.2) is 15.0 Å². The maximum absolute atomic E-state index is 4.72. The summed E-state index contributed by atoms with van der Waals surface area (Å²) in [6.45, 7) is 9.34. The van der Waals surface area contributed by atoms with Crippen molar-refractivity contribution in [3.8, 4) is 0 Å². The quantitative estimate of drug-likeness (QED) is 0.245. The molecule has 0 unspecified atom stereocenters. The van der Waals surface area contributed by atoms with E-state index in [1.54, 1.807) is 11.3 Å². The highest BCUT2D eigenvalue weighted by Crippen LogP contribution is 2.16. The van der Waals surface area contributed by atoms with Crippen molar-refractivity contribution in [1.29, 1.82) is 0 Å². The van der Waals surface area contributed by atoms with E-state index in [1.165, 1.54) is 15.4 Å². The maximum Gasteiger partial charge on any atom is 0.191 e. The Hall–Kier alpha value is -1.94. The van der Waals surface area contributed by atoms with Gasteiger partial charge in [-0.05, 0) is 32.8 Å². The van der Waals surface area contributed by atoms with Crippen LogP contribution in [0.4, 0.5) is 0 Å². The third-order valence-corrected chi connectivity index (χ3v) is 5.85. The van der Waals surface area contributed by atoms with Crippen LogP contribution < -0.4 is 10.6 Å². The number of rotatable bonds is 9. The van der Waals surface area contributed by atoms with Crippen molar-refractivity contribution in [3.63, 3.8) is 0 Å². The largest absolute Gasteiger partial charge is 0.357 e. The maximum atomic E-state index is 4.72. The minimum absolute atomic E-state index is 0. The van der Waals surface area contributed by atoms with Crippen molar-refractivity contribution < 1.29 is 0 Å². The molecule has 0 atom stereocenters. The molecule has 2 N–H and O–H groups in total. The molecule has 0 fully saturated rings. The van der Waals surface area contributed by atoms with Gasteiger partial charge in [0.1, 0.15) is 12.4 Å². The zero-order chi connectivity index (χ0) is 20.5. The summed E-state index contributed by atoms with van der Waals surface area (Å²) in [5.74, 6) is 1.79. The SMILES string of the molecule is CCNC(=NCc1nccn1CCc1ccccc1)NCCc1nc(C)c(C)s1.I. The fourth-order valence-corrected chi connectivity index (χ4v) is 3.95. The molecule has 2 aromatic heterocycles. The highest BCUT2D eigenvalue weighted by molar-refractivity contribution is 14.0. The summed E-state index contributed by atoms with van der Waals surface area (Å²) in [6.07, 6.45) is 5.76. The number of hydrogen-bond donors (Lipinski definition) is 2. The van der Waals surface area contributed by atoms with Crippen LogP contribution in [0.1, 0.15) is 33.9 Å². The Balaban J connectivity index is 0.00000320. The van der Waals surface area contributed by atoms with Crippen molar-refractivity contribution in [3.05, 3.63) is 69.7 Å². The van der Waals surface area contributed by atoms with Gasteiger partial charge in [0.25, 0.3) is 0 Å². The molecule has 0 aliphatic rings. The number of aromatic nitrogens is 3. The number of thiazole rings is 1. The van der Waals surface area contributed by atoms with Crippen LogP contribution in [0.25, 0.3) is 0 Å². The number of halogens is 1. The first kappa shape index (κ1) is 24.3. The Labute approximate surface area is 200 Å². The molecule has 0 spiro atoms. The van der Waals surface area contributed by atoms with Crippen LogP contribution in [0, 0.1) is 13.8 Å². The lowest BCUT2D eigenvalue weighted by Crippen LogP contribution is -2.38. The van der Waals surface area contributed by atoms with Gasteiger partial charge >= 0.3 is 0 Å². The average Bonchev–Trinajstić information content (AvgIpc) is 3.31. The van der Waals surface area contributed by atoms with Gasteiger partial charge < -0.3 is 15.2 Å². The van der Waals surface area contributed by atoms with Gasteiger partial charge in [-0.1, -0.05) is 30.3 Å². The van der Waals surface area contributed by atoms with E-state index in [1.807, 2.05) is 18.5 Å². The summed E-state index contributed by atoms with van der Waals surface area (Å²) in [5.41, 5.74) is 2.46. The van der Waals surface area contributed by atoms with E-state index in [9.17, 15) is 0 Å². The molecule has 0 radical (unpaired) electrons. The first-order valence-corrected chi connectivity index (χ1v) is 11.0. The standard InChI is InChI=1S/C22H30N6S.HI/c1-4-23-22(25-12-10-21-27-17(2)18(3)29-21)26-16-20-24-13-15-28(20)14-11-19-8-6-5-7-9-19;/h5-9,13,15H,4,10-12,14,16H2,1-3H3,(H2,23,25,26);1H. The molecule has 8 heteroatoms. The lowest BCUT2D eigenvalue weighted by atomic mass is 10.1. The van der Waals surface area contributed by atoms with Gasteiger partial charge in [0.15, 0.2) is 5.96 Å². The van der Waals surface area contributed by atoms with Gasteiger partial charge in [-0.3, -0.25) is 0 Å². The second kappa shape index (κ2) is 12.7. The van der Waals surface area contributed by atoms with E-state index in [2.05, 4.69) is 70.2 Å². The van der Waals surface area contributed by atoms with E-state index in [-0.39, 0.29) is 24.0 Å². The first-order chi connectivity index (χ1) is 14.2. The summed E-state index contributed by atoms with van der Waals surface area (Å²) in [6, 6.07) is 10.5. The topological polar surface area (TPSA) is 67.1 Å². The molecule has 3 rings (SSSR count). The molecule has 2 heterocycles. The molecular weight excluding hydrogens is 507 g/mol. The van der Waals surface area contributed by atoms with Gasteiger partial charge in [-0.15, -0.1) is 35.3 Å². The zero-order valence-electron chi connectivity index (χ0n) is 17.9. The number of hydrogen-bond acceptors (Lipinski definition) is 4. The average molecular weight is 539 g/mol. The van der Waals surface area contributed by atoms with Crippen LogP contribution in [-0.2, 0) is 25.9 Å². The Bertz CT molecular complexity index is 899. The number of guanidine groups is 1. The van der Waals surface area contributed by atoms with Gasteiger partial charge in [0, 0.05) is 43.3 Å². The summed E-state index contributed by atoms with van der Waals surface area (Å²) in [5, 5.41) is 7.88. The molecule has 0 amide bonds.